The van der Waals surface area contributed by atoms with Gasteiger partial charge in [-0.2, -0.15) is 5.26 Å². The minimum atomic E-state index is 0.0217. The van der Waals surface area contributed by atoms with Crippen LogP contribution in [0.1, 0.15) is 80.2 Å². The highest BCUT2D eigenvalue weighted by Crippen LogP contribution is 2.37. The number of nitrogens with one attached hydrogen (secondary N) is 2. The van der Waals surface area contributed by atoms with Gasteiger partial charge in [-0.3, -0.25) is 4.79 Å². The van der Waals surface area contributed by atoms with Crippen LogP contribution in [-0.4, -0.2) is 18.5 Å². The van der Waals surface area contributed by atoms with Crippen molar-refractivity contribution in [2.45, 2.75) is 83.1 Å². The molecule has 1 heterocycles. The van der Waals surface area contributed by atoms with Crippen molar-refractivity contribution in [3.05, 3.63) is 16.0 Å². The summed E-state index contributed by atoms with van der Waals surface area (Å²) in [6, 6.07) is 2.88. The van der Waals surface area contributed by atoms with Gasteiger partial charge in [0.1, 0.15) is 11.1 Å². The zero-order chi connectivity index (χ0) is 17.5. The van der Waals surface area contributed by atoms with Crippen molar-refractivity contribution in [2.75, 3.05) is 11.9 Å². The average Bonchev–Trinajstić information content (AvgIpc) is 2.93. The van der Waals surface area contributed by atoms with E-state index in [0.717, 1.165) is 30.8 Å². The van der Waals surface area contributed by atoms with Crippen LogP contribution in [0.4, 0.5) is 5.00 Å². The first-order valence-electron chi connectivity index (χ1n) is 9.86. The Morgan fingerprint density at radius 3 is 2.56 bits per heavy atom. The molecule has 0 bridgehead atoms. The van der Waals surface area contributed by atoms with Gasteiger partial charge in [0.15, 0.2) is 0 Å². The number of hydrogen-bond donors (Lipinski definition) is 2. The predicted octanol–water partition coefficient (Wildman–Crippen LogP) is 4.53. The van der Waals surface area contributed by atoms with Gasteiger partial charge in [-0.1, -0.05) is 32.1 Å². The minimum absolute atomic E-state index is 0.0217. The van der Waals surface area contributed by atoms with E-state index in [0.29, 0.717) is 18.0 Å². The van der Waals surface area contributed by atoms with Crippen molar-refractivity contribution in [1.29, 1.82) is 5.26 Å². The van der Waals surface area contributed by atoms with Crippen LogP contribution in [0.3, 0.4) is 0 Å². The molecule has 0 aromatic carbocycles. The van der Waals surface area contributed by atoms with Gasteiger partial charge >= 0.3 is 0 Å². The van der Waals surface area contributed by atoms with E-state index in [4.69, 9.17) is 0 Å². The lowest BCUT2D eigenvalue weighted by atomic mass is 9.96. The van der Waals surface area contributed by atoms with Crippen molar-refractivity contribution in [2.24, 2.45) is 0 Å². The molecule has 25 heavy (non-hydrogen) atoms. The molecular formula is C20H29N3OS. The van der Waals surface area contributed by atoms with Crippen molar-refractivity contribution in [1.82, 2.24) is 5.32 Å². The molecule has 2 aliphatic rings. The Morgan fingerprint density at radius 1 is 1.08 bits per heavy atom. The van der Waals surface area contributed by atoms with E-state index in [1.165, 1.54) is 61.8 Å². The lowest BCUT2D eigenvalue weighted by Gasteiger charge is -2.20. The molecule has 2 aliphatic carbocycles. The van der Waals surface area contributed by atoms with E-state index >= 15 is 0 Å². The van der Waals surface area contributed by atoms with Crippen molar-refractivity contribution in [3.8, 4) is 6.07 Å². The van der Waals surface area contributed by atoms with Crippen LogP contribution in [0.25, 0.3) is 0 Å². The van der Waals surface area contributed by atoms with E-state index in [1.807, 2.05) is 0 Å². The summed E-state index contributed by atoms with van der Waals surface area (Å²) in [5.74, 6) is 0.0217. The molecule has 1 fully saturated rings. The third kappa shape index (κ3) is 5.05. The SMILES string of the molecule is N#Cc1c(NC(=O)CCNC2CCCCCCC2)sc2c1CCCC2. The fraction of sp³-hybridized carbons (Fsp3) is 0.700. The van der Waals surface area contributed by atoms with Gasteiger partial charge in [-0.25, -0.2) is 0 Å². The Labute approximate surface area is 155 Å². The topological polar surface area (TPSA) is 64.9 Å². The Balaban J connectivity index is 1.48. The largest absolute Gasteiger partial charge is 0.317 e. The number of thiophene rings is 1. The fourth-order valence-corrected chi connectivity index (χ4v) is 5.27. The number of fused-ring (bicyclic) bond motifs is 1. The van der Waals surface area contributed by atoms with E-state index in [2.05, 4.69) is 16.7 Å². The quantitative estimate of drug-likeness (QED) is 0.812. The van der Waals surface area contributed by atoms with Gasteiger partial charge in [0.25, 0.3) is 0 Å². The van der Waals surface area contributed by atoms with Crippen LogP contribution >= 0.6 is 11.3 Å². The molecule has 0 aliphatic heterocycles. The standard InChI is InChI=1S/C20H29N3OS/c21-14-17-16-10-6-7-11-18(16)25-20(17)23-19(24)12-13-22-15-8-4-2-1-3-5-9-15/h15,22H,1-13H2,(H,23,24). The molecule has 1 saturated carbocycles. The van der Waals surface area contributed by atoms with Crippen LogP contribution in [0, 0.1) is 11.3 Å². The van der Waals surface area contributed by atoms with E-state index in [-0.39, 0.29) is 5.91 Å². The van der Waals surface area contributed by atoms with Crippen molar-refractivity contribution < 1.29 is 4.79 Å². The van der Waals surface area contributed by atoms with E-state index in [9.17, 15) is 10.1 Å². The molecule has 3 rings (SSSR count). The summed E-state index contributed by atoms with van der Waals surface area (Å²) in [6.07, 6.45) is 14.0. The molecule has 136 valence electrons. The molecule has 1 amide bonds. The summed E-state index contributed by atoms with van der Waals surface area (Å²) >= 11 is 1.61. The lowest BCUT2D eigenvalue weighted by Crippen LogP contribution is -2.32. The van der Waals surface area contributed by atoms with Crippen LogP contribution < -0.4 is 10.6 Å². The van der Waals surface area contributed by atoms with Crippen molar-refractivity contribution in [3.63, 3.8) is 0 Å². The molecule has 0 spiro atoms. The molecule has 1 aromatic heterocycles. The smallest absolute Gasteiger partial charge is 0.226 e. The fourth-order valence-electron chi connectivity index (χ4n) is 4.01. The molecule has 0 saturated heterocycles. The monoisotopic (exact) mass is 359 g/mol. The highest BCUT2D eigenvalue weighted by molar-refractivity contribution is 7.16. The first-order valence-corrected chi connectivity index (χ1v) is 10.7. The van der Waals surface area contributed by atoms with Gasteiger partial charge in [0, 0.05) is 23.9 Å². The highest BCUT2D eigenvalue weighted by Gasteiger charge is 2.21. The maximum Gasteiger partial charge on any atom is 0.226 e. The summed E-state index contributed by atoms with van der Waals surface area (Å²) < 4.78 is 0. The van der Waals surface area contributed by atoms with Gasteiger partial charge in [0.2, 0.25) is 5.91 Å². The van der Waals surface area contributed by atoms with Gasteiger partial charge in [-0.15, -0.1) is 11.3 Å². The molecule has 2 N–H and O–H groups in total. The molecule has 5 heteroatoms. The maximum absolute atomic E-state index is 12.3. The van der Waals surface area contributed by atoms with Crippen molar-refractivity contribution >= 4 is 22.2 Å². The minimum Gasteiger partial charge on any atom is -0.317 e. The number of amides is 1. The summed E-state index contributed by atoms with van der Waals surface area (Å²) in [5, 5.41) is 16.8. The Kier molecular flexibility index (Phi) is 6.89. The first kappa shape index (κ1) is 18.4. The first-order chi connectivity index (χ1) is 12.3. The predicted molar refractivity (Wildman–Crippen MR) is 103 cm³/mol. The molecule has 4 nitrogen and oxygen atoms in total. The molecule has 0 radical (unpaired) electrons. The number of rotatable bonds is 5. The zero-order valence-electron chi connectivity index (χ0n) is 15.0. The second-order valence-electron chi connectivity index (χ2n) is 7.32. The molecule has 1 aromatic rings. The lowest BCUT2D eigenvalue weighted by molar-refractivity contribution is -0.116. The molecular weight excluding hydrogens is 330 g/mol. The summed E-state index contributed by atoms with van der Waals surface area (Å²) in [7, 11) is 0. The molecule has 0 unspecified atom stereocenters. The maximum atomic E-state index is 12.3. The number of hydrogen-bond acceptors (Lipinski definition) is 4. The van der Waals surface area contributed by atoms with Crippen LogP contribution in [-0.2, 0) is 17.6 Å². The third-order valence-corrected chi connectivity index (χ3v) is 6.63. The number of nitrogens with zero attached hydrogens (tertiary/aromatic N) is 1. The highest BCUT2D eigenvalue weighted by atomic mass is 32.1. The second-order valence-corrected chi connectivity index (χ2v) is 8.43. The Hall–Kier alpha value is -1.38. The number of nitriles is 1. The van der Waals surface area contributed by atoms with Gasteiger partial charge < -0.3 is 10.6 Å². The summed E-state index contributed by atoms with van der Waals surface area (Å²) in [4.78, 5) is 13.6. The van der Waals surface area contributed by atoms with Gasteiger partial charge in [0.05, 0.1) is 5.56 Å². The van der Waals surface area contributed by atoms with Gasteiger partial charge in [-0.05, 0) is 44.1 Å². The molecule has 0 atom stereocenters. The average molecular weight is 360 g/mol. The Bertz CT molecular complexity index is 624. The number of anilines is 1. The summed E-state index contributed by atoms with van der Waals surface area (Å²) in [5.41, 5.74) is 1.89. The van der Waals surface area contributed by atoms with Crippen LogP contribution in [0.2, 0.25) is 0 Å². The number of aryl methyl sites for hydroxylation is 1. The zero-order valence-corrected chi connectivity index (χ0v) is 15.8. The third-order valence-electron chi connectivity index (χ3n) is 5.43. The summed E-state index contributed by atoms with van der Waals surface area (Å²) in [6.45, 7) is 0.726. The number of carbonyl (C=O) groups is 1. The van der Waals surface area contributed by atoms with Crippen LogP contribution in [0.15, 0.2) is 0 Å². The normalized spacial score (nSPS) is 18.7. The van der Waals surface area contributed by atoms with Crippen LogP contribution in [0.5, 0.6) is 0 Å². The van der Waals surface area contributed by atoms with E-state index in [1.54, 1.807) is 11.3 Å². The number of carbonyl (C=O) groups excluding carboxylic acids is 1. The van der Waals surface area contributed by atoms with E-state index < -0.39 is 0 Å². The Morgan fingerprint density at radius 2 is 1.80 bits per heavy atom. The second kappa shape index (κ2) is 9.35.